The molecule has 0 amide bonds. The molecule has 1 fully saturated rings. The van der Waals surface area contributed by atoms with Gasteiger partial charge in [0.2, 0.25) is 0 Å². The highest BCUT2D eigenvalue weighted by Crippen LogP contribution is 2.22. The fourth-order valence-electron chi connectivity index (χ4n) is 1.99. The minimum Gasteiger partial charge on any atom is -0.493 e. The molecule has 88 valence electrons. The summed E-state index contributed by atoms with van der Waals surface area (Å²) in [6, 6.07) is 5.83. The van der Waals surface area contributed by atoms with Crippen LogP contribution < -0.4 is 10.1 Å². The van der Waals surface area contributed by atoms with Crippen LogP contribution in [0.1, 0.15) is 18.4 Å². The van der Waals surface area contributed by atoms with E-state index in [1.807, 2.05) is 25.1 Å². The number of nitrogens with one attached hydrogen (secondary N) is 1. The third-order valence-electron chi connectivity index (χ3n) is 3.01. The van der Waals surface area contributed by atoms with Gasteiger partial charge in [0.25, 0.3) is 0 Å². The van der Waals surface area contributed by atoms with E-state index in [2.05, 4.69) is 5.32 Å². The van der Waals surface area contributed by atoms with Crippen LogP contribution in [-0.4, -0.2) is 19.7 Å². The Bertz CT molecular complexity index is 348. The predicted molar refractivity (Wildman–Crippen MR) is 67.3 cm³/mol. The van der Waals surface area contributed by atoms with Gasteiger partial charge in [-0.15, -0.1) is 0 Å². The Morgan fingerprint density at radius 1 is 1.50 bits per heavy atom. The average Bonchev–Trinajstić information content (AvgIpc) is 2.32. The van der Waals surface area contributed by atoms with Gasteiger partial charge in [-0.25, -0.2) is 0 Å². The molecule has 0 saturated carbocycles. The van der Waals surface area contributed by atoms with Crippen molar-refractivity contribution in [3.63, 3.8) is 0 Å². The van der Waals surface area contributed by atoms with E-state index < -0.39 is 0 Å². The van der Waals surface area contributed by atoms with Gasteiger partial charge in [0.15, 0.2) is 0 Å². The van der Waals surface area contributed by atoms with Crippen LogP contribution in [0.25, 0.3) is 0 Å². The number of hydrogen-bond acceptors (Lipinski definition) is 2. The fraction of sp³-hybridized carbons (Fsp3) is 0.538. The topological polar surface area (TPSA) is 21.3 Å². The van der Waals surface area contributed by atoms with E-state index in [-0.39, 0.29) is 0 Å². The minimum atomic E-state index is 0.643. The number of rotatable bonds is 3. The number of aryl methyl sites for hydroxylation is 1. The second-order valence-electron chi connectivity index (χ2n) is 4.43. The molecule has 16 heavy (non-hydrogen) atoms. The van der Waals surface area contributed by atoms with E-state index in [1.165, 1.54) is 12.8 Å². The van der Waals surface area contributed by atoms with Crippen LogP contribution in [0.5, 0.6) is 5.75 Å². The third-order valence-corrected chi connectivity index (χ3v) is 3.44. The minimum absolute atomic E-state index is 0.643. The second-order valence-corrected chi connectivity index (χ2v) is 4.84. The molecule has 0 spiro atoms. The Labute approximate surface area is 102 Å². The van der Waals surface area contributed by atoms with E-state index in [4.69, 9.17) is 16.3 Å². The van der Waals surface area contributed by atoms with Crippen LogP contribution in [0.2, 0.25) is 5.02 Å². The molecule has 0 aliphatic carbocycles. The van der Waals surface area contributed by atoms with Gasteiger partial charge in [0, 0.05) is 17.5 Å². The van der Waals surface area contributed by atoms with Crippen molar-refractivity contribution in [2.45, 2.75) is 19.8 Å². The van der Waals surface area contributed by atoms with Crippen molar-refractivity contribution in [2.75, 3.05) is 19.7 Å². The molecule has 1 aliphatic heterocycles. The summed E-state index contributed by atoms with van der Waals surface area (Å²) < 4.78 is 5.78. The number of halogens is 1. The Morgan fingerprint density at radius 2 is 2.38 bits per heavy atom. The Morgan fingerprint density at radius 3 is 3.06 bits per heavy atom. The Kier molecular flexibility index (Phi) is 4.08. The van der Waals surface area contributed by atoms with Gasteiger partial charge in [-0.3, -0.25) is 0 Å². The van der Waals surface area contributed by atoms with Crippen molar-refractivity contribution in [1.29, 1.82) is 0 Å². The summed E-state index contributed by atoms with van der Waals surface area (Å²) in [5, 5.41) is 4.19. The molecule has 1 aromatic carbocycles. The molecule has 0 unspecified atom stereocenters. The molecule has 1 aromatic rings. The van der Waals surface area contributed by atoms with Gasteiger partial charge in [-0.05, 0) is 50.1 Å². The lowest BCUT2D eigenvalue weighted by molar-refractivity contribution is 0.218. The van der Waals surface area contributed by atoms with Crippen LogP contribution in [-0.2, 0) is 0 Å². The molecule has 1 atom stereocenters. The highest BCUT2D eigenvalue weighted by Gasteiger charge is 2.13. The van der Waals surface area contributed by atoms with Crippen molar-refractivity contribution < 1.29 is 4.74 Å². The predicted octanol–water partition coefficient (Wildman–Crippen LogP) is 3.03. The maximum absolute atomic E-state index is 5.96. The molecule has 2 nitrogen and oxygen atoms in total. The van der Waals surface area contributed by atoms with Crippen LogP contribution >= 0.6 is 11.6 Å². The molecule has 1 saturated heterocycles. The van der Waals surface area contributed by atoms with Gasteiger partial charge >= 0.3 is 0 Å². The first kappa shape index (κ1) is 11.7. The first-order chi connectivity index (χ1) is 7.75. The maximum atomic E-state index is 5.96. The van der Waals surface area contributed by atoms with Crippen LogP contribution in [0, 0.1) is 12.8 Å². The lowest BCUT2D eigenvalue weighted by atomic mass is 10.0. The van der Waals surface area contributed by atoms with Crippen molar-refractivity contribution >= 4 is 11.6 Å². The Balaban J connectivity index is 1.86. The zero-order valence-electron chi connectivity index (χ0n) is 9.63. The fourth-order valence-corrected chi connectivity index (χ4v) is 2.10. The largest absolute Gasteiger partial charge is 0.493 e. The van der Waals surface area contributed by atoms with Crippen molar-refractivity contribution in [2.24, 2.45) is 5.92 Å². The van der Waals surface area contributed by atoms with Crippen LogP contribution in [0.3, 0.4) is 0 Å². The summed E-state index contributed by atoms with van der Waals surface area (Å²) in [6.07, 6.45) is 2.52. The molecule has 0 aromatic heterocycles. The number of benzene rings is 1. The van der Waals surface area contributed by atoms with Gasteiger partial charge in [0.05, 0.1) is 6.61 Å². The lowest BCUT2D eigenvalue weighted by Gasteiger charge is -2.22. The SMILES string of the molecule is Cc1cc(OC[C@@H]2CCCNC2)ccc1Cl. The molecule has 3 heteroatoms. The van der Waals surface area contributed by atoms with E-state index in [1.54, 1.807) is 0 Å². The number of ether oxygens (including phenoxy) is 1. The average molecular weight is 240 g/mol. The normalized spacial score (nSPS) is 20.8. The number of hydrogen-bond donors (Lipinski definition) is 1. The second kappa shape index (κ2) is 5.55. The van der Waals surface area contributed by atoms with E-state index in [9.17, 15) is 0 Å². The summed E-state index contributed by atoms with van der Waals surface area (Å²) in [5.41, 5.74) is 1.07. The summed E-state index contributed by atoms with van der Waals surface area (Å²) in [7, 11) is 0. The molecule has 0 bridgehead atoms. The van der Waals surface area contributed by atoms with Gasteiger partial charge < -0.3 is 10.1 Å². The zero-order chi connectivity index (χ0) is 11.4. The molecule has 2 rings (SSSR count). The highest BCUT2D eigenvalue weighted by molar-refractivity contribution is 6.31. The summed E-state index contributed by atoms with van der Waals surface area (Å²) >= 11 is 5.96. The standard InChI is InChI=1S/C13H18ClNO/c1-10-7-12(4-5-13(10)14)16-9-11-3-2-6-15-8-11/h4-5,7,11,15H,2-3,6,8-9H2,1H3/t11-/m1/s1. The number of piperidine rings is 1. The molecular weight excluding hydrogens is 222 g/mol. The van der Waals surface area contributed by atoms with E-state index >= 15 is 0 Å². The summed E-state index contributed by atoms with van der Waals surface area (Å²) in [4.78, 5) is 0. The van der Waals surface area contributed by atoms with E-state index in [0.717, 1.165) is 36.0 Å². The lowest BCUT2D eigenvalue weighted by Crippen LogP contribution is -2.33. The molecule has 1 heterocycles. The van der Waals surface area contributed by atoms with Crippen molar-refractivity contribution in [3.8, 4) is 5.75 Å². The van der Waals surface area contributed by atoms with Crippen molar-refractivity contribution in [1.82, 2.24) is 5.32 Å². The van der Waals surface area contributed by atoms with Gasteiger partial charge in [-0.1, -0.05) is 11.6 Å². The molecular formula is C13H18ClNO. The smallest absolute Gasteiger partial charge is 0.119 e. The van der Waals surface area contributed by atoms with Crippen LogP contribution in [0.15, 0.2) is 18.2 Å². The van der Waals surface area contributed by atoms with Gasteiger partial charge in [0.1, 0.15) is 5.75 Å². The molecule has 1 N–H and O–H groups in total. The Hall–Kier alpha value is -0.730. The molecule has 1 aliphatic rings. The summed E-state index contributed by atoms with van der Waals surface area (Å²) in [6.45, 7) is 5.02. The molecule has 0 radical (unpaired) electrons. The monoisotopic (exact) mass is 239 g/mol. The van der Waals surface area contributed by atoms with Gasteiger partial charge in [-0.2, -0.15) is 0 Å². The summed E-state index contributed by atoms with van der Waals surface area (Å²) in [5.74, 6) is 1.57. The third kappa shape index (κ3) is 3.13. The first-order valence-electron chi connectivity index (χ1n) is 5.85. The quantitative estimate of drug-likeness (QED) is 0.876. The highest BCUT2D eigenvalue weighted by atomic mass is 35.5. The van der Waals surface area contributed by atoms with Crippen LogP contribution in [0.4, 0.5) is 0 Å². The first-order valence-corrected chi connectivity index (χ1v) is 6.23. The zero-order valence-corrected chi connectivity index (χ0v) is 10.4. The maximum Gasteiger partial charge on any atom is 0.119 e. The van der Waals surface area contributed by atoms with E-state index in [0.29, 0.717) is 5.92 Å². The van der Waals surface area contributed by atoms with Crippen molar-refractivity contribution in [3.05, 3.63) is 28.8 Å².